The number of rotatable bonds is 2. The molecule has 3 nitrogen and oxygen atoms in total. The molecule has 88 valence electrons. The minimum atomic E-state index is 0.568. The highest BCUT2D eigenvalue weighted by Crippen LogP contribution is 2.31. The molecule has 1 aromatic rings. The maximum absolute atomic E-state index is 4.27. The van der Waals surface area contributed by atoms with E-state index in [0.29, 0.717) is 6.04 Å². The molecule has 3 atom stereocenters. The summed E-state index contributed by atoms with van der Waals surface area (Å²) < 4.78 is 0. The third-order valence-electron chi connectivity index (χ3n) is 3.84. The Balaban J connectivity index is 2.03. The highest BCUT2D eigenvalue weighted by atomic mass is 15.0. The first-order chi connectivity index (χ1) is 7.66. The van der Waals surface area contributed by atoms with Gasteiger partial charge in [0.2, 0.25) is 0 Å². The van der Waals surface area contributed by atoms with Gasteiger partial charge in [-0.15, -0.1) is 0 Å². The predicted octanol–water partition coefficient (Wildman–Crippen LogP) is 3.02. The van der Waals surface area contributed by atoms with Crippen molar-refractivity contribution < 1.29 is 0 Å². The van der Waals surface area contributed by atoms with Crippen molar-refractivity contribution in [2.24, 2.45) is 11.8 Å². The first-order valence-electron chi connectivity index (χ1n) is 6.22. The van der Waals surface area contributed by atoms with Crippen molar-refractivity contribution in [2.75, 3.05) is 5.32 Å². The van der Waals surface area contributed by atoms with Crippen LogP contribution in [0.25, 0.3) is 0 Å². The van der Waals surface area contributed by atoms with Crippen LogP contribution in [0.1, 0.15) is 38.8 Å². The van der Waals surface area contributed by atoms with E-state index >= 15 is 0 Å². The van der Waals surface area contributed by atoms with E-state index in [9.17, 15) is 0 Å². The summed E-state index contributed by atoms with van der Waals surface area (Å²) in [6, 6.07) is 2.59. The molecule has 1 aromatic heterocycles. The van der Waals surface area contributed by atoms with Gasteiger partial charge in [0.1, 0.15) is 12.1 Å². The van der Waals surface area contributed by atoms with Crippen molar-refractivity contribution in [1.82, 2.24) is 9.97 Å². The van der Waals surface area contributed by atoms with Gasteiger partial charge in [-0.2, -0.15) is 0 Å². The molecule has 1 aliphatic rings. The monoisotopic (exact) mass is 219 g/mol. The largest absolute Gasteiger partial charge is 0.367 e. The molecular formula is C13H21N3. The summed E-state index contributed by atoms with van der Waals surface area (Å²) in [5.41, 5.74) is 1.02. The second-order valence-corrected chi connectivity index (χ2v) is 5.06. The van der Waals surface area contributed by atoms with Crippen molar-refractivity contribution in [3.8, 4) is 0 Å². The summed E-state index contributed by atoms with van der Waals surface area (Å²) >= 11 is 0. The second-order valence-electron chi connectivity index (χ2n) is 5.06. The molecule has 1 heterocycles. The van der Waals surface area contributed by atoms with Crippen LogP contribution in [-0.4, -0.2) is 16.0 Å². The molecule has 0 aliphatic heterocycles. The van der Waals surface area contributed by atoms with Crippen LogP contribution in [0.15, 0.2) is 12.4 Å². The lowest BCUT2D eigenvalue weighted by molar-refractivity contribution is 0.253. The molecular weight excluding hydrogens is 198 g/mol. The minimum Gasteiger partial charge on any atom is -0.367 e. The molecule has 0 amide bonds. The second kappa shape index (κ2) is 4.81. The lowest BCUT2D eigenvalue weighted by Crippen LogP contribution is -2.35. The lowest BCUT2D eigenvalue weighted by Gasteiger charge is -2.34. The van der Waals surface area contributed by atoms with Gasteiger partial charge >= 0.3 is 0 Å². The number of anilines is 1. The van der Waals surface area contributed by atoms with Gasteiger partial charge in [0.25, 0.3) is 0 Å². The van der Waals surface area contributed by atoms with Gasteiger partial charge in [-0.25, -0.2) is 9.97 Å². The van der Waals surface area contributed by atoms with Gasteiger partial charge in [-0.1, -0.05) is 26.7 Å². The summed E-state index contributed by atoms with van der Waals surface area (Å²) in [5.74, 6) is 2.51. The standard InChI is InChI=1S/C13H21N3/c1-9-5-4-6-12(11(9)3)16-13-7-10(2)14-8-15-13/h7-9,11-12H,4-6H2,1-3H3,(H,14,15,16). The number of aryl methyl sites for hydroxylation is 1. The average Bonchev–Trinajstić information content (AvgIpc) is 2.25. The van der Waals surface area contributed by atoms with Crippen LogP contribution in [0.5, 0.6) is 0 Å². The number of hydrogen-bond donors (Lipinski definition) is 1. The normalized spacial score (nSPS) is 30.1. The van der Waals surface area contributed by atoms with Crippen LogP contribution in [0.2, 0.25) is 0 Å². The van der Waals surface area contributed by atoms with Crippen molar-refractivity contribution in [2.45, 2.75) is 46.1 Å². The van der Waals surface area contributed by atoms with E-state index in [4.69, 9.17) is 0 Å². The van der Waals surface area contributed by atoms with E-state index in [0.717, 1.165) is 23.3 Å². The third kappa shape index (κ3) is 2.52. The molecule has 0 bridgehead atoms. The topological polar surface area (TPSA) is 37.8 Å². The molecule has 16 heavy (non-hydrogen) atoms. The number of hydrogen-bond acceptors (Lipinski definition) is 3. The van der Waals surface area contributed by atoms with E-state index in [1.54, 1.807) is 6.33 Å². The van der Waals surface area contributed by atoms with Crippen LogP contribution < -0.4 is 5.32 Å². The zero-order valence-corrected chi connectivity index (χ0v) is 10.4. The number of nitrogens with one attached hydrogen (secondary N) is 1. The molecule has 2 rings (SSSR count). The molecule has 1 aliphatic carbocycles. The van der Waals surface area contributed by atoms with Crippen molar-refractivity contribution in [3.05, 3.63) is 18.1 Å². The molecule has 0 spiro atoms. The summed E-state index contributed by atoms with van der Waals surface area (Å²) in [7, 11) is 0. The summed E-state index contributed by atoms with van der Waals surface area (Å²) in [4.78, 5) is 8.39. The first-order valence-corrected chi connectivity index (χ1v) is 6.22. The number of nitrogens with zero attached hydrogens (tertiary/aromatic N) is 2. The van der Waals surface area contributed by atoms with E-state index in [-0.39, 0.29) is 0 Å². The Bertz CT molecular complexity index is 351. The van der Waals surface area contributed by atoms with Gasteiger partial charge in [-0.05, 0) is 25.2 Å². The highest BCUT2D eigenvalue weighted by Gasteiger charge is 2.26. The van der Waals surface area contributed by atoms with Crippen LogP contribution in [0.4, 0.5) is 5.82 Å². The molecule has 3 heteroatoms. The molecule has 1 fully saturated rings. The van der Waals surface area contributed by atoms with E-state index in [1.165, 1.54) is 19.3 Å². The Hall–Kier alpha value is -1.12. The number of aromatic nitrogens is 2. The van der Waals surface area contributed by atoms with Gasteiger partial charge < -0.3 is 5.32 Å². The lowest BCUT2D eigenvalue weighted by atomic mass is 9.78. The fourth-order valence-electron chi connectivity index (χ4n) is 2.51. The van der Waals surface area contributed by atoms with Crippen LogP contribution in [0, 0.1) is 18.8 Å². The van der Waals surface area contributed by atoms with E-state index < -0.39 is 0 Å². The van der Waals surface area contributed by atoms with Gasteiger partial charge in [-0.3, -0.25) is 0 Å². The quantitative estimate of drug-likeness (QED) is 0.830. The Morgan fingerprint density at radius 2 is 2.06 bits per heavy atom. The van der Waals surface area contributed by atoms with E-state index in [2.05, 4.69) is 29.1 Å². The van der Waals surface area contributed by atoms with Gasteiger partial charge in [0.05, 0.1) is 0 Å². The van der Waals surface area contributed by atoms with Crippen LogP contribution >= 0.6 is 0 Å². The fourth-order valence-corrected chi connectivity index (χ4v) is 2.51. The van der Waals surface area contributed by atoms with Crippen LogP contribution in [-0.2, 0) is 0 Å². The molecule has 1 saturated carbocycles. The maximum Gasteiger partial charge on any atom is 0.129 e. The summed E-state index contributed by atoms with van der Waals surface area (Å²) in [6.07, 6.45) is 5.58. The summed E-state index contributed by atoms with van der Waals surface area (Å²) in [6.45, 7) is 6.69. The summed E-state index contributed by atoms with van der Waals surface area (Å²) in [5, 5.41) is 3.55. The first kappa shape index (κ1) is 11.4. The molecule has 0 saturated heterocycles. The van der Waals surface area contributed by atoms with Crippen molar-refractivity contribution in [1.29, 1.82) is 0 Å². The zero-order valence-electron chi connectivity index (χ0n) is 10.4. The van der Waals surface area contributed by atoms with Crippen molar-refractivity contribution in [3.63, 3.8) is 0 Å². The minimum absolute atomic E-state index is 0.568. The van der Waals surface area contributed by atoms with E-state index in [1.807, 2.05) is 13.0 Å². The third-order valence-corrected chi connectivity index (χ3v) is 3.84. The Kier molecular flexibility index (Phi) is 3.42. The smallest absolute Gasteiger partial charge is 0.129 e. The average molecular weight is 219 g/mol. The Labute approximate surface area is 97.7 Å². The predicted molar refractivity (Wildman–Crippen MR) is 66.4 cm³/mol. The SMILES string of the molecule is Cc1cc(NC2CCCC(C)C2C)ncn1. The zero-order chi connectivity index (χ0) is 11.5. The van der Waals surface area contributed by atoms with Crippen molar-refractivity contribution >= 4 is 5.82 Å². The van der Waals surface area contributed by atoms with Gasteiger partial charge in [0, 0.05) is 17.8 Å². The highest BCUT2D eigenvalue weighted by molar-refractivity contribution is 5.36. The Morgan fingerprint density at radius 1 is 1.25 bits per heavy atom. The molecule has 3 unspecified atom stereocenters. The molecule has 1 N–H and O–H groups in total. The maximum atomic E-state index is 4.27. The fraction of sp³-hybridized carbons (Fsp3) is 0.692. The Morgan fingerprint density at radius 3 is 2.81 bits per heavy atom. The van der Waals surface area contributed by atoms with Gasteiger partial charge in [0.15, 0.2) is 0 Å². The molecule has 0 aromatic carbocycles. The van der Waals surface area contributed by atoms with Crippen LogP contribution in [0.3, 0.4) is 0 Å². The molecule has 0 radical (unpaired) electrons.